The predicted molar refractivity (Wildman–Crippen MR) is 55.2 cm³/mol. The van der Waals surface area contributed by atoms with Crippen LogP contribution in [0.25, 0.3) is 0 Å². The van der Waals surface area contributed by atoms with Crippen molar-refractivity contribution in [1.29, 1.82) is 0 Å². The Hall–Kier alpha value is -1.38. The first-order chi connectivity index (χ1) is 6.69. The van der Waals surface area contributed by atoms with Crippen LogP contribution in [0.5, 0.6) is 17.2 Å². The Morgan fingerprint density at radius 2 is 1.79 bits per heavy atom. The van der Waals surface area contributed by atoms with Gasteiger partial charge in [-0.25, -0.2) is 0 Å². The molecule has 0 saturated heterocycles. The second-order valence-electron chi connectivity index (χ2n) is 2.95. The van der Waals surface area contributed by atoms with Gasteiger partial charge in [-0.1, -0.05) is 0 Å². The molecule has 0 heterocycles. The van der Waals surface area contributed by atoms with E-state index in [1.54, 1.807) is 12.1 Å². The molecule has 0 fully saturated rings. The van der Waals surface area contributed by atoms with Crippen molar-refractivity contribution in [1.82, 2.24) is 0 Å². The molecule has 1 N–H and O–H groups in total. The minimum Gasteiger partial charge on any atom is -0.504 e. The number of phenols is 1. The lowest BCUT2D eigenvalue weighted by atomic mass is 10.2. The van der Waals surface area contributed by atoms with Crippen LogP contribution >= 0.6 is 0 Å². The van der Waals surface area contributed by atoms with Crippen molar-refractivity contribution >= 4 is 0 Å². The zero-order valence-electron chi connectivity index (χ0n) is 8.83. The van der Waals surface area contributed by atoms with E-state index in [0.29, 0.717) is 19.0 Å². The van der Waals surface area contributed by atoms with E-state index in [1.807, 2.05) is 20.8 Å². The molecule has 0 aromatic heterocycles. The molecule has 14 heavy (non-hydrogen) atoms. The molecule has 0 spiro atoms. The summed E-state index contributed by atoms with van der Waals surface area (Å²) in [7, 11) is 0. The van der Waals surface area contributed by atoms with Gasteiger partial charge in [-0.05, 0) is 32.4 Å². The molecule has 78 valence electrons. The first-order valence-corrected chi connectivity index (χ1v) is 4.78. The first-order valence-electron chi connectivity index (χ1n) is 4.78. The highest BCUT2D eigenvalue weighted by atomic mass is 16.5. The minimum absolute atomic E-state index is 0.190. The van der Waals surface area contributed by atoms with Gasteiger partial charge in [0.05, 0.1) is 13.2 Å². The number of rotatable bonds is 4. The molecule has 0 aliphatic rings. The third kappa shape index (κ3) is 2.31. The van der Waals surface area contributed by atoms with Crippen LogP contribution in [0.15, 0.2) is 12.1 Å². The minimum atomic E-state index is 0.190. The van der Waals surface area contributed by atoms with Gasteiger partial charge >= 0.3 is 0 Å². The van der Waals surface area contributed by atoms with E-state index in [0.717, 1.165) is 11.3 Å². The third-order valence-electron chi connectivity index (χ3n) is 1.85. The Labute approximate surface area is 84.3 Å². The fraction of sp³-hybridized carbons (Fsp3) is 0.455. The topological polar surface area (TPSA) is 38.7 Å². The summed E-state index contributed by atoms with van der Waals surface area (Å²) in [6.45, 7) is 6.75. The molecule has 0 aliphatic carbocycles. The number of hydrogen-bond acceptors (Lipinski definition) is 3. The fourth-order valence-electron chi connectivity index (χ4n) is 1.23. The number of aromatic hydroxyl groups is 1. The molecule has 1 aromatic rings. The second-order valence-corrected chi connectivity index (χ2v) is 2.95. The van der Waals surface area contributed by atoms with Crippen LogP contribution in [0.4, 0.5) is 0 Å². The molecule has 0 atom stereocenters. The summed E-state index contributed by atoms with van der Waals surface area (Å²) >= 11 is 0. The SMILES string of the molecule is CCOc1cc(C)c(O)c(OCC)c1. The molecule has 0 unspecified atom stereocenters. The van der Waals surface area contributed by atoms with E-state index in [9.17, 15) is 5.11 Å². The van der Waals surface area contributed by atoms with Gasteiger partial charge in [-0.15, -0.1) is 0 Å². The van der Waals surface area contributed by atoms with Crippen molar-refractivity contribution in [3.05, 3.63) is 17.7 Å². The van der Waals surface area contributed by atoms with Gasteiger partial charge in [0.1, 0.15) is 5.75 Å². The lowest BCUT2D eigenvalue weighted by Gasteiger charge is -2.11. The normalized spacial score (nSPS) is 9.93. The second kappa shape index (κ2) is 4.74. The van der Waals surface area contributed by atoms with Crippen molar-refractivity contribution < 1.29 is 14.6 Å². The van der Waals surface area contributed by atoms with E-state index < -0.39 is 0 Å². The largest absolute Gasteiger partial charge is 0.504 e. The van der Waals surface area contributed by atoms with E-state index in [1.165, 1.54) is 0 Å². The molecule has 1 rings (SSSR count). The number of hydrogen-bond donors (Lipinski definition) is 1. The van der Waals surface area contributed by atoms with Gasteiger partial charge in [0.2, 0.25) is 0 Å². The Kier molecular flexibility index (Phi) is 3.63. The maximum Gasteiger partial charge on any atom is 0.164 e. The van der Waals surface area contributed by atoms with Crippen LogP contribution in [-0.4, -0.2) is 18.3 Å². The number of aryl methyl sites for hydroxylation is 1. The monoisotopic (exact) mass is 196 g/mol. The smallest absolute Gasteiger partial charge is 0.164 e. The average molecular weight is 196 g/mol. The maximum atomic E-state index is 9.64. The molecule has 1 aromatic carbocycles. The summed E-state index contributed by atoms with van der Waals surface area (Å²) in [5.74, 6) is 1.40. The van der Waals surface area contributed by atoms with Crippen molar-refractivity contribution in [2.75, 3.05) is 13.2 Å². The van der Waals surface area contributed by atoms with Crippen molar-refractivity contribution in [3.63, 3.8) is 0 Å². The first kappa shape index (κ1) is 10.7. The van der Waals surface area contributed by atoms with Crippen molar-refractivity contribution in [2.45, 2.75) is 20.8 Å². The highest BCUT2D eigenvalue weighted by Gasteiger charge is 2.08. The van der Waals surface area contributed by atoms with Crippen LogP contribution in [0, 0.1) is 6.92 Å². The zero-order valence-corrected chi connectivity index (χ0v) is 8.83. The van der Waals surface area contributed by atoms with Crippen LogP contribution in [0.1, 0.15) is 19.4 Å². The third-order valence-corrected chi connectivity index (χ3v) is 1.85. The predicted octanol–water partition coefficient (Wildman–Crippen LogP) is 2.50. The van der Waals surface area contributed by atoms with Crippen LogP contribution in [-0.2, 0) is 0 Å². The highest BCUT2D eigenvalue weighted by molar-refractivity contribution is 5.50. The zero-order chi connectivity index (χ0) is 10.6. The molecule has 0 bridgehead atoms. The Bertz CT molecular complexity index is 308. The molecule has 0 amide bonds. The van der Waals surface area contributed by atoms with Crippen molar-refractivity contribution in [2.24, 2.45) is 0 Å². The summed E-state index contributed by atoms with van der Waals surface area (Å²) in [4.78, 5) is 0. The standard InChI is InChI=1S/C11H16O3/c1-4-13-9-6-8(3)11(12)10(7-9)14-5-2/h6-7,12H,4-5H2,1-3H3. The molecule has 0 saturated carbocycles. The van der Waals surface area contributed by atoms with E-state index in [-0.39, 0.29) is 5.75 Å². The summed E-state index contributed by atoms with van der Waals surface area (Å²) in [5.41, 5.74) is 0.763. The summed E-state index contributed by atoms with van der Waals surface area (Å²) in [5, 5.41) is 9.64. The number of ether oxygens (including phenoxy) is 2. The summed E-state index contributed by atoms with van der Waals surface area (Å²) in [6.07, 6.45) is 0. The lowest BCUT2D eigenvalue weighted by Crippen LogP contribution is -1.96. The van der Waals surface area contributed by atoms with E-state index >= 15 is 0 Å². The van der Waals surface area contributed by atoms with Gasteiger partial charge in [-0.3, -0.25) is 0 Å². The quantitative estimate of drug-likeness (QED) is 0.804. The van der Waals surface area contributed by atoms with Gasteiger partial charge < -0.3 is 14.6 Å². The van der Waals surface area contributed by atoms with Gasteiger partial charge in [0, 0.05) is 6.07 Å². The molecule has 3 nitrogen and oxygen atoms in total. The number of phenolic OH excluding ortho intramolecular Hbond substituents is 1. The Balaban J connectivity index is 3.01. The Morgan fingerprint density at radius 3 is 2.36 bits per heavy atom. The highest BCUT2D eigenvalue weighted by Crippen LogP contribution is 2.34. The average Bonchev–Trinajstić information content (AvgIpc) is 2.14. The molecular weight excluding hydrogens is 180 g/mol. The molecule has 0 aliphatic heterocycles. The lowest BCUT2D eigenvalue weighted by molar-refractivity contribution is 0.306. The fourth-order valence-corrected chi connectivity index (χ4v) is 1.23. The van der Waals surface area contributed by atoms with Crippen LogP contribution < -0.4 is 9.47 Å². The molecular formula is C11H16O3. The number of benzene rings is 1. The van der Waals surface area contributed by atoms with Gasteiger partial charge in [0.15, 0.2) is 11.5 Å². The summed E-state index contributed by atoms with van der Waals surface area (Å²) < 4.78 is 10.6. The summed E-state index contributed by atoms with van der Waals surface area (Å²) in [6, 6.07) is 3.50. The van der Waals surface area contributed by atoms with Crippen LogP contribution in [0.2, 0.25) is 0 Å². The van der Waals surface area contributed by atoms with Gasteiger partial charge in [-0.2, -0.15) is 0 Å². The molecule has 0 radical (unpaired) electrons. The van der Waals surface area contributed by atoms with Crippen LogP contribution in [0.3, 0.4) is 0 Å². The van der Waals surface area contributed by atoms with Gasteiger partial charge in [0.25, 0.3) is 0 Å². The van der Waals surface area contributed by atoms with E-state index in [2.05, 4.69) is 0 Å². The maximum absolute atomic E-state index is 9.64. The van der Waals surface area contributed by atoms with E-state index in [4.69, 9.17) is 9.47 Å². The van der Waals surface area contributed by atoms with Crippen molar-refractivity contribution in [3.8, 4) is 17.2 Å². The Morgan fingerprint density at radius 1 is 1.14 bits per heavy atom. The molecule has 3 heteroatoms.